The van der Waals surface area contributed by atoms with Gasteiger partial charge >= 0.3 is 11.7 Å². The van der Waals surface area contributed by atoms with Crippen molar-refractivity contribution < 1.29 is 14.5 Å². The van der Waals surface area contributed by atoms with Crippen LogP contribution in [0.5, 0.6) is 0 Å². The molecule has 9 heteroatoms. The summed E-state index contributed by atoms with van der Waals surface area (Å²) in [6.07, 6.45) is 2.10. The maximum absolute atomic E-state index is 11.9. The smallest absolute Gasteiger partial charge is 0.353 e. The van der Waals surface area contributed by atoms with Gasteiger partial charge in [-0.1, -0.05) is 24.3 Å². The fraction of sp³-hybridized carbons (Fsp3) is 0.190. The van der Waals surface area contributed by atoms with Crippen molar-refractivity contribution in [3.05, 3.63) is 81.7 Å². The zero-order chi connectivity index (χ0) is 21.1. The molecule has 0 saturated carbocycles. The Morgan fingerprint density at radius 2 is 1.87 bits per heavy atom. The number of carbonyl (C=O) groups excluding carboxylic acids is 1. The molecule has 1 aliphatic heterocycles. The predicted molar refractivity (Wildman–Crippen MR) is 111 cm³/mol. The number of hydrogen-bond acceptors (Lipinski definition) is 8. The summed E-state index contributed by atoms with van der Waals surface area (Å²) in [5.41, 5.74) is 3.13. The van der Waals surface area contributed by atoms with Crippen molar-refractivity contribution in [3.8, 4) is 0 Å². The third-order valence-electron chi connectivity index (χ3n) is 4.98. The summed E-state index contributed by atoms with van der Waals surface area (Å²) >= 11 is 0. The average Bonchev–Trinajstić information content (AvgIpc) is 2.78. The Balaban J connectivity index is 1.64. The third kappa shape index (κ3) is 3.77. The first-order valence-corrected chi connectivity index (χ1v) is 9.33. The van der Waals surface area contributed by atoms with Gasteiger partial charge in [0.15, 0.2) is 0 Å². The van der Waals surface area contributed by atoms with Crippen LogP contribution in [0, 0.1) is 10.1 Å². The van der Waals surface area contributed by atoms with E-state index in [1.807, 2.05) is 23.1 Å². The molecule has 0 aliphatic carbocycles. The van der Waals surface area contributed by atoms with Crippen LogP contribution in [0.2, 0.25) is 0 Å². The standard InChI is InChI=1S/C21H19N5O4/c1-30-21(27)15-6-8-17(9-7-15)24-19-18(26(28)29)20(23-13-22-19)25-11-10-14-4-2-3-5-16(14)12-25/h2-9,13H,10-12H2,1H3,(H,22,23,24). The first kappa shape index (κ1) is 19.3. The highest BCUT2D eigenvalue weighted by Gasteiger charge is 2.29. The van der Waals surface area contributed by atoms with E-state index in [0.717, 1.165) is 12.0 Å². The number of nitro groups is 1. The minimum atomic E-state index is -0.471. The number of fused-ring (bicyclic) bond motifs is 1. The van der Waals surface area contributed by atoms with Gasteiger partial charge in [0.1, 0.15) is 6.33 Å². The Kier molecular flexibility index (Phi) is 5.25. The number of hydrogen-bond donors (Lipinski definition) is 1. The van der Waals surface area contributed by atoms with Crippen molar-refractivity contribution in [1.29, 1.82) is 0 Å². The van der Waals surface area contributed by atoms with Crippen LogP contribution in [0.25, 0.3) is 0 Å². The lowest BCUT2D eigenvalue weighted by molar-refractivity contribution is -0.383. The van der Waals surface area contributed by atoms with E-state index in [2.05, 4.69) is 26.1 Å². The van der Waals surface area contributed by atoms with Crippen molar-refractivity contribution in [3.63, 3.8) is 0 Å². The molecule has 0 saturated heterocycles. The maximum Gasteiger partial charge on any atom is 0.353 e. The number of nitrogens with one attached hydrogen (secondary N) is 1. The van der Waals surface area contributed by atoms with Crippen LogP contribution >= 0.6 is 0 Å². The molecule has 1 N–H and O–H groups in total. The van der Waals surface area contributed by atoms with Gasteiger partial charge < -0.3 is 15.0 Å². The number of anilines is 3. The van der Waals surface area contributed by atoms with E-state index in [9.17, 15) is 14.9 Å². The molecule has 0 radical (unpaired) electrons. The molecule has 1 aromatic heterocycles. The van der Waals surface area contributed by atoms with Gasteiger partial charge in [0.25, 0.3) is 0 Å². The van der Waals surface area contributed by atoms with Gasteiger partial charge in [-0.2, -0.15) is 0 Å². The fourth-order valence-electron chi connectivity index (χ4n) is 3.48. The number of ether oxygens (including phenoxy) is 1. The van der Waals surface area contributed by atoms with Crippen LogP contribution in [0.3, 0.4) is 0 Å². The summed E-state index contributed by atoms with van der Waals surface area (Å²) in [7, 11) is 1.30. The number of carbonyl (C=O) groups is 1. The summed E-state index contributed by atoms with van der Waals surface area (Å²) in [5.74, 6) is -0.0879. The summed E-state index contributed by atoms with van der Waals surface area (Å²) in [6, 6.07) is 14.5. The zero-order valence-corrected chi connectivity index (χ0v) is 16.2. The van der Waals surface area contributed by atoms with E-state index in [0.29, 0.717) is 24.3 Å². The minimum absolute atomic E-state index is 0.0923. The van der Waals surface area contributed by atoms with Crippen molar-refractivity contribution in [2.75, 3.05) is 23.9 Å². The van der Waals surface area contributed by atoms with Crippen LogP contribution < -0.4 is 10.2 Å². The second-order valence-corrected chi connectivity index (χ2v) is 6.79. The zero-order valence-electron chi connectivity index (χ0n) is 16.2. The predicted octanol–water partition coefficient (Wildman–Crippen LogP) is 3.48. The molecule has 1 aliphatic rings. The van der Waals surface area contributed by atoms with Gasteiger partial charge in [-0.15, -0.1) is 0 Å². The SMILES string of the molecule is COC(=O)c1ccc(Nc2ncnc(N3CCc4ccccc4C3)c2[N+](=O)[O-])cc1. The molecule has 2 aromatic carbocycles. The summed E-state index contributed by atoms with van der Waals surface area (Å²) in [5, 5.41) is 14.9. The molecule has 0 spiro atoms. The van der Waals surface area contributed by atoms with Crippen LogP contribution in [-0.2, 0) is 17.7 Å². The van der Waals surface area contributed by atoms with Gasteiger partial charge in [-0.25, -0.2) is 14.8 Å². The van der Waals surface area contributed by atoms with Crippen molar-refractivity contribution >= 4 is 29.0 Å². The Morgan fingerprint density at radius 1 is 1.13 bits per heavy atom. The molecule has 9 nitrogen and oxygen atoms in total. The molecule has 0 bridgehead atoms. The molecule has 0 fully saturated rings. The van der Waals surface area contributed by atoms with Crippen LogP contribution in [-0.4, -0.2) is 34.5 Å². The summed E-state index contributed by atoms with van der Waals surface area (Å²) in [4.78, 5) is 33.2. The highest BCUT2D eigenvalue weighted by molar-refractivity contribution is 5.90. The Morgan fingerprint density at radius 3 is 2.57 bits per heavy atom. The molecule has 0 unspecified atom stereocenters. The van der Waals surface area contributed by atoms with Gasteiger partial charge in [-0.3, -0.25) is 10.1 Å². The minimum Gasteiger partial charge on any atom is -0.465 e. The monoisotopic (exact) mass is 405 g/mol. The molecular formula is C21H19N5O4. The molecule has 30 heavy (non-hydrogen) atoms. The van der Waals surface area contributed by atoms with E-state index in [-0.39, 0.29) is 17.3 Å². The van der Waals surface area contributed by atoms with E-state index >= 15 is 0 Å². The number of aromatic nitrogens is 2. The highest BCUT2D eigenvalue weighted by atomic mass is 16.6. The van der Waals surface area contributed by atoms with E-state index in [4.69, 9.17) is 0 Å². The molecular weight excluding hydrogens is 386 g/mol. The van der Waals surface area contributed by atoms with Gasteiger partial charge in [0.2, 0.25) is 11.6 Å². The average molecular weight is 405 g/mol. The van der Waals surface area contributed by atoms with Crippen molar-refractivity contribution in [2.24, 2.45) is 0 Å². The first-order chi connectivity index (χ1) is 14.6. The molecule has 2 heterocycles. The maximum atomic E-state index is 11.9. The van der Waals surface area contributed by atoms with Crippen molar-refractivity contribution in [2.45, 2.75) is 13.0 Å². The Hall–Kier alpha value is -4.01. The molecule has 152 valence electrons. The largest absolute Gasteiger partial charge is 0.465 e. The lowest BCUT2D eigenvalue weighted by atomic mass is 10.00. The molecule has 3 aromatic rings. The fourth-order valence-corrected chi connectivity index (χ4v) is 3.48. The number of nitrogens with zero attached hydrogens (tertiary/aromatic N) is 4. The van der Waals surface area contributed by atoms with Gasteiger partial charge in [0, 0.05) is 18.8 Å². The summed E-state index contributed by atoms with van der Waals surface area (Å²) < 4.78 is 4.68. The quantitative estimate of drug-likeness (QED) is 0.390. The highest BCUT2D eigenvalue weighted by Crippen LogP contribution is 2.35. The van der Waals surface area contributed by atoms with Crippen LogP contribution in [0.4, 0.5) is 23.0 Å². The molecule has 4 rings (SSSR count). The van der Waals surface area contributed by atoms with Crippen molar-refractivity contribution in [1.82, 2.24) is 9.97 Å². The Labute approximate surface area is 172 Å². The number of esters is 1. The normalized spacial score (nSPS) is 12.8. The van der Waals surface area contributed by atoms with E-state index in [1.165, 1.54) is 19.0 Å². The topological polar surface area (TPSA) is 110 Å². The molecule has 0 atom stereocenters. The van der Waals surface area contributed by atoms with Crippen LogP contribution in [0.1, 0.15) is 21.5 Å². The van der Waals surface area contributed by atoms with Gasteiger partial charge in [-0.05, 0) is 41.8 Å². The van der Waals surface area contributed by atoms with E-state index < -0.39 is 10.9 Å². The lowest BCUT2D eigenvalue weighted by Gasteiger charge is -2.29. The van der Waals surface area contributed by atoms with Gasteiger partial charge in [0.05, 0.1) is 17.6 Å². The Bertz CT molecular complexity index is 1100. The summed E-state index contributed by atoms with van der Waals surface area (Å²) in [6.45, 7) is 1.17. The first-order valence-electron chi connectivity index (χ1n) is 9.33. The number of benzene rings is 2. The van der Waals surface area contributed by atoms with E-state index in [1.54, 1.807) is 24.3 Å². The lowest BCUT2D eigenvalue weighted by Crippen LogP contribution is -2.31. The van der Waals surface area contributed by atoms with Crippen LogP contribution in [0.15, 0.2) is 54.9 Å². The number of methoxy groups -OCH3 is 1. The third-order valence-corrected chi connectivity index (χ3v) is 4.98. The second-order valence-electron chi connectivity index (χ2n) is 6.79. The number of rotatable bonds is 5. The second kappa shape index (κ2) is 8.16. The molecule has 0 amide bonds.